The average molecular weight is 286 g/mol. The van der Waals surface area contributed by atoms with Gasteiger partial charge in [0.05, 0.1) is 18.1 Å². The molecule has 0 spiro atoms. The van der Waals surface area contributed by atoms with Gasteiger partial charge in [-0.3, -0.25) is 9.48 Å². The Kier molecular flexibility index (Phi) is 4.16. The van der Waals surface area contributed by atoms with Crippen LogP contribution in [0.3, 0.4) is 0 Å². The van der Waals surface area contributed by atoms with Crippen LogP contribution in [0.5, 0.6) is 0 Å². The van der Waals surface area contributed by atoms with E-state index >= 15 is 0 Å². The van der Waals surface area contributed by atoms with Crippen molar-refractivity contribution in [1.82, 2.24) is 15.1 Å². The molecule has 1 N–H and O–H groups in total. The van der Waals surface area contributed by atoms with Gasteiger partial charge in [0.15, 0.2) is 5.15 Å². The van der Waals surface area contributed by atoms with Crippen molar-refractivity contribution >= 4 is 17.5 Å². The number of nitrogens with zero attached hydrogens (tertiary/aromatic N) is 2. The number of aromatic nitrogens is 2. The normalized spacial score (nSPS) is 18.7. The van der Waals surface area contributed by atoms with Crippen LogP contribution in [0.1, 0.15) is 31.7 Å². The summed E-state index contributed by atoms with van der Waals surface area (Å²) in [6, 6.07) is 0.00852. The largest absolute Gasteiger partial charge is 0.376 e. The number of hydrogen-bond acceptors (Lipinski definition) is 3. The van der Waals surface area contributed by atoms with E-state index in [4.69, 9.17) is 16.3 Å². The van der Waals surface area contributed by atoms with Crippen molar-refractivity contribution in [3.05, 3.63) is 16.9 Å². The van der Waals surface area contributed by atoms with Crippen LogP contribution in [-0.4, -0.2) is 34.4 Å². The Bertz CT molecular complexity index is 463. The third kappa shape index (κ3) is 2.92. The Morgan fingerprint density at radius 1 is 1.68 bits per heavy atom. The molecule has 19 heavy (non-hydrogen) atoms. The molecule has 6 heteroatoms. The predicted octanol–water partition coefficient (Wildman–Crippen LogP) is 1.69. The highest BCUT2D eigenvalue weighted by atomic mass is 35.5. The second-order valence-electron chi connectivity index (χ2n) is 5.21. The van der Waals surface area contributed by atoms with Crippen LogP contribution < -0.4 is 5.32 Å². The standard InChI is InChI=1S/C13H20ClN3O2/c1-9(13(19-3)5-4-6-13)15-11(18)7-10-8-17(2)16-12(10)14/h8-9H,4-7H2,1-3H3,(H,15,18). The minimum absolute atomic E-state index is 0.00852. The number of carbonyl (C=O) groups excluding carboxylic acids is 1. The van der Waals surface area contributed by atoms with Crippen molar-refractivity contribution in [3.8, 4) is 0 Å². The van der Waals surface area contributed by atoms with Gasteiger partial charge in [-0.2, -0.15) is 5.10 Å². The summed E-state index contributed by atoms with van der Waals surface area (Å²) in [6.45, 7) is 1.99. The van der Waals surface area contributed by atoms with Crippen LogP contribution in [0, 0.1) is 0 Å². The van der Waals surface area contributed by atoms with E-state index < -0.39 is 0 Å². The van der Waals surface area contributed by atoms with Gasteiger partial charge in [-0.1, -0.05) is 11.6 Å². The Morgan fingerprint density at radius 3 is 2.79 bits per heavy atom. The fraction of sp³-hybridized carbons (Fsp3) is 0.692. The quantitative estimate of drug-likeness (QED) is 0.896. The number of ether oxygens (including phenoxy) is 1. The zero-order valence-electron chi connectivity index (χ0n) is 11.6. The summed E-state index contributed by atoms with van der Waals surface area (Å²) in [6.07, 6.45) is 5.17. The zero-order chi connectivity index (χ0) is 14.0. The summed E-state index contributed by atoms with van der Waals surface area (Å²) in [5.41, 5.74) is 0.558. The van der Waals surface area contributed by atoms with Gasteiger partial charge in [-0.25, -0.2) is 0 Å². The van der Waals surface area contributed by atoms with Crippen molar-refractivity contribution in [2.45, 2.75) is 44.2 Å². The van der Waals surface area contributed by atoms with Gasteiger partial charge in [-0.05, 0) is 26.2 Å². The van der Waals surface area contributed by atoms with E-state index in [1.165, 1.54) is 0 Å². The van der Waals surface area contributed by atoms with Crippen LogP contribution >= 0.6 is 11.6 Å². The monoisotopic (exact) mass is 285 g/mol. The number of halogens is 1. The summed E-state index contributed by atoms with van der Waals surface area (Å²) >= 11 is 5.94. The van der Waals surface area contributed by atoms with Crippen molar-refractivity contribution in [3.63, 3.8) is 0 Å². The second-order valence-corrected chi connectivity index (χ2v) is 5.57. The van der Waals surface area contributed by atoms with Crippen molar-refractivity contribution in [1.29, 1.82) is 0 Å². The molecule has 1 fully saturated rings. The molecule has 0 aromatic carbocycles. The molecule has 1 atom stereocenters. The molecular formula is C13H20ClN3O2. The lowest BCUT2D eigenvalue weighted by atomic mass is 9.75. The maximum Gasteiger partial charge on any atom is 0.224 e. The van der Waals surface area contributed by atoms with Crippen LogP contribution in [0.25, 0.3) is 0 Å². The van der Waals surface area contributed by atoms with Crippen LogP contribution in [0.15, 0.2) is 6.20 Å². The molecule has 0 bridgehead atoms. The first-order valence-corrected chi connectivity index (χ1v) is 6.87. The highest BCUT2D eigenvalue weighted by molar-refractivity contribution is 6.30. The molecule has 1 aliphatic rings. The molecule has 1 saturated carbocycles. The van der Waals surface area contributed by atoms with Gasteiger partial charge in [0.2, 0.25) is 5.91 Å². The topological polar surface area (TPSA) is 56.1 Å². The van der Waals surface area contributed by atoms with E-state index in [0.717, 1.165) is 24.8 Å². The van der Waals surface area contributed by atoms with Gasteiger partial charge in [0.25, 0.3) is 0 Å². The Hall–Kier alpha value is -1.07. The molecule has 5 nitrogen and oxygen atoms in total. The lowest BCUT2D eigenvalue weighted by molar-refractivity contribution is -0.129. The molecule has 1 aliphatic carbocycles. The van der Waals surface area contributed by atoms with Crippen molar-refractivity contribution in [2.24, 2.45) is 7.05 Å². The number of carbonyl (C=O) groups is 1. The molecule has 1 amide bonds. The minimum Gasteiger partial charge on any atom is -0.376 e. The maximum absolute atomic E-state index is 12.0. The number of aryl methyl sites for hydroxylation is 1. The number of amides is 1. The van der Waals surface area contributed by atoms with E-state index in [9.17, 15) is 4.79 Å². The molecule has 0 saturated heterocycles. The van der Waals surface area contributed by atoms with Crippen molar-refractivity contribution < 1.29 is 9.53 Å². The summed E-state index contributed by atoms with van der Waals surface area (Å²) in [5.74, 6) is -0.0503. The van der Waals surface area contributed by atoms with Crippen LogP contribution in [0.2, 0.25) is 5.15 Å². The number of methoxy groups -OCH3 is 1. The average Bonchev–Trinajstić information content (AvgIpc) is 2.56. The van der Waals surface area contributed by atoms with E-state index in [0.29, 0.717) is 5.15 Å². The smallest absolute Gasteiger partial charge is 0.224 e. The molecule has 106 valence electrons. The summed E-state index contributed by atoms with van der Waals surface area (Å²) in [4.78, 5) is 12.0. The molecular weight excluding hydrogens is 266 g/mol. The van der Waals surface area contributed by atoms with Crippen molar-refractivity contribution in [2.75, 3.05) is 7.11 Å². The van der Waals surface area contributed by atoms with Crippen LogP contribution in [0.4, 0.5) is 0 Å². The fourth-order valence-corrected chi connectivity index (χ4v) is 2.80. The molecule has 1 heterocycles. The Balaban J connectivity index is 1.92. The first kappa shape index (κ1) is 14.3. The Labute approximate surface area is 118 Å². The maximum atomic E-state index is 12.0. The molecule has 0 aliphatic heterocycles. The van der Waals surface area contributed by atoms with Gasteiger partial charge in [0, 0.05) is 25.9 Å². The van der Waals surface area contributed by atoms with E-state index in [1.54, 1.807) is 25.0 Å². The Morgan fingerprint density at radius 2 is 2.37 bits per heavy atom. The fourth-order valence-electron chi connectivity index (χ4n) is 2.57. The summed E-state index contributed by atoms with van der Waals surface area (Å²) in [7, 11) is 3.49. The number of nitrogens with one attached hydrogen (secondary N) is 1. The molecule has 1 aromatic rings. The zero-order valence-corrected chi connectivity index (χ0v) is 12.3. The van der Waals surface area contributed by atoms with Gasteiger partial charge in [0.1, 0.15) is 0 Å². The van der Waals surface area contributed by atoms with E-state index in [-0.39, 0.29) is 24.0 Å². The number of hydrogen-bond donors (Lipinski definition) is 1. The second kappa shape index (κ2) is 5.51. The van der Waals surface area contributed by atoms with Crippen LogP contribution in [-0.2, 0) is 23.0 Å². The predicted molar refractivity (Wildman–Crippen MR) is 73.1 cm³/mol. The summed E-state index contributed by atoms with van der Waals surface area (Å²) in [5, 5.41) is 7.40. The van der Waals surface area contributed by atoms with E-state index in [2.05, 4.69) is 10.4 Å². The highest BCUT2D eigenvalue weighted by Crippen LogP contribution is 2.37. The lowest BCUT2D eigenvalue weighted by Crippen LogP contribution is -2.56. The third-order valence-corrected chi connectivity index (χ3v) is 4.30. The summed E-state index contributed by atoms with van der Waals surface area (Å²) < 4.78 is 7.17. The minimum atomic E-state index is -0.186. The van der Waals surface area contributed by atoms with Gasteiger partial charge in [-0.15, -0.1) is 0 Å². The van der Waals surface area contributed by atoms with E-state index in [1.807, 2.05) is 6.92 Å². The van der Waals surface area contributed by atoms with Gasteiger partial charge >= 0.3 is 0 Å². The van der Waals surface area contributed by atoms with Gasteiger partial charge < -0.3 is 10.1 Å². The first-order valence-electron chi connectivity index (χ1n) is 6.49. The molecule has 1 aromatic heterocycles. The lowest BCUT2D eigenvalue weighted by Gasteiger charge is -2.45. The molecule has 0 radical (unpaired) electrons. The first-order chi connectivity index (χ1) is 8.97. The molecule has 1 unspecified atom stereocenters. The molecule has 2 rings (SSSR count). The highest BCUT2D eigenvalue weighted by Gasteiger charge is 2.42. The number of rotatable bonds is 5. The SMILES string of the molecule is COC1(C(C)NC(=O)Cc2cn(C)nc2Cl)CCC1. The third-order valence-electron chi connectivity index (χ3n) is 3.98.